The van der Waals surface area contributed by atoms with Gasteiger partial charge in [0, 0.05) is 19.4 Å². The van der Waals surface area contributed by atoms with Crippen molar-refractivity contribution in [1.82, 2.24) is 9.55 Å². The number of hydrogen-bond donors (Lipinski definition) is 1. The van der Waals surface area contributed by atoms with Crippen LogP contribution in [0.1, 0.15) is 51.4 Å². The first kappa shape index (κ1) is 11.6. The van der Waals surface area contributed by atoms with Crippen LogP contribution in [0.5, 0.6) is 0 Å². The van der Waals surface area contributed by atoms with E-state index in [1.165, 1.54) is 25.7 Å². The molecule has 90 valence electrons. The fourth-order valence-electron chi connectivity index (χ4n) is 3.06. The minimum absolute atomic E-state index is 0.0790. The molecule has 3 heteroatoms. The van der Waals surface area contributed by atoms with Crippen molar-refractivity contribution in [2.75, 3.05) is 0 Å². The molecular weight excluding hydrogens is 198 g/mol. The molecule has 1 aromatic rings. The summed E-state index contributed by atoms with van der Waals surface area (Å²) in [5.41, 5.74) is 6.76. The van der Waals surface area contributed by atoms with E-state index in [2.05, 4.69) is 23.4 Å². The van der Waals surface area contributed by atoms with E-state index in [0.717, 1.165) is 5.82 Å². The van der Waals surface area contributed by atoms with Crippen LogP contribution >= 0.6 is 0 Å². The van der Waals surface area contributed by atoms with Gasteiger partial charge in [-0.2, -0.15) is 0 Å². The van der Waals surface area contributed by atoms with Crippen molar-refractivity contribution in [2.45, 2.75) is 45.6 Å². The van der Waals surface area contributed by atoms with Crippen molar-refractivity contribution in [3.8, 4) is 0 Å². The molecule has 1 aliphatic carbocycles. The van der Waals surface area contributed by atoms with Crippen LogP contribution in [0.2, 0.25) is 0 Å². The first-order chi connectivity index (χ1) is 7.52. The van der Waals surface area contributed by atoms with E-state index in [1.807, 2.05) is 19.4 Å². The van der Waals surface area contributed by atoms with Crippen molar-refractivity contribution in [3.05, 3.63) is 18.2 Å². The molecule has 3 nitrogen and oxygen atoms in total. The van der Waals surface area contributed by atoms with Crippen LogP contribution in [0.3, 0.4) is 0 Å². The molecule has 1 fully saturated rings. The molecular formula is C13H23N3. The van der Waals surface area contributed by atoms with Gasteiger partial charge in [-0.25, -0.2) is 4.98 Å². The zero-order valence-electron chi connectivity index (χ0n) is 10.6. The van der Waals surface area contributed by atoms with E-state index in [9.17, 15) is 0 Å². The standard InChI is InChI=1S/C13H23N3/c1-13(2)7-5-4-6-10(13)11(14)12-15-8-9-16(12)3/h8-11H,4-7,14H2,1-3H3. The molecule has 0 saturated heterocycles. The van der Waals surface area contributed by atoms with E-state index >= 15 is 0 Å². The lowest BCUT2D eigenvalue weighted by Gasteiger charge is -2.41. The molecule has 0 radical (unpaired) electrons. The molecule has 0 aliphatic heterocycles. The van der Waals surface area contributed by atoms with E-state index < -0.39 is 0 Å². The highest BCUT2D eigenvalue weighted by Gasteiger charge is 2.37. The highest BCUT2D eigenvalue weighted by molar-refractivity contribution is 5.03. The average molecular weight is 221 g/mol. The number of nitrogens with two attached hydrogens (primary N) is 1. The van der Waals surface area contributed by atoms with Gasteiger partial charge in [0.05, 0.1) is 6.04 Å². The zero-order chi connectivity index (χ0) is 11.8. The van der Waals surface area contributed by atoms with E-state index in [4.69, 9.17) is 5.73 Å². The third-order valence-electron chi connectivity index (χ3n) is 4.18. The molecule has 2 rings (SSSR count). The predicted octanol–water partition coefficient (Wildman–Crippen LogP) is 2.64. The summed E-state index contributed by atoms with van der Waals surface area (Å²) in [5, 5.41) is 0. The smallest absolute Gasteiger partial charge is 0.125 e. The Hall–Kier alpha value is -0.830. The Morgan fingerprint density at radius 3 is 2.81 bits per heavy atom. The molecule has 2 N–H and O–H groups in total. The Morgan fingerprint density at radius 2 is 2.25 bits per heavy atom. The predicted molar refractivity (Wildman–Crippen MR) is 65.9 cm³/mol. The van der Waals surface area contributed by atoms with Gasteiger partial charge in [0.2, 0.25) is 0 Å². The summed E-state index contributed by atoms with van der Waals surface area (Å²) in [6.07, 6.45) is 9.00. The molecule has 1 heterocycles. The number of imidazole rings is 1. The Balaban J connectivity index is 2.20. The highest BCUT2D eigenvalue weighted by atomic mass is 15.1. The lowest BCUT2D eigenvalue weighted by molar-refractivity contribution is 0.109. The first-order valence-electron chi connectivity index (χ1n) is 6.25. The van der Waals surface area contributed by atoms with Gasteiger partial charge in [-0.05, 0) is 24.2 Å². The minimum atomic E-state index is 0.0790. The number of aryl methyl sites for hydroxylation is 1. The lowest BCUT2D eigenvalue weighted by atomic mass is 9.66. The van der Waals surface area contributed by atoms with Crippen molar-refractivity contribution in [3.63, 3.8) is 0 Å². The minimum Gasteiger partial charge on any atom is -0.337 e. The zero-order valence-corrected chi connectivity index (χ0v) is 10.6. The molecule has 2 unspecified atom stereocenters. The summed E-state index contributed by atoms with van der Waals surface area (Å²) >= 11 is 0. The quantitative estimate of drug-likeness (QED) is 0.834. The largest absolute Gasteiger partial charge is 0.337 e. The second-order valence-electron chi connectivity index (χ2n) is 5.76. The van der Waals surface area contributed by atoms with Gasteiger partial charge >= 0.3 is 0 Å². The monoisotopic (exact) mass is 221 g/mol. The second kappa shape index (κ2) is 4.21. The summed E-state index contributed by atoms with van der Waals surface area (Å²) in [5.74, 6) is 1.59. The molecule has 0 aromatic carbocycles. The molecule has 1 aromatic heterocycles. The third kappa shape index (κ3) is 2.01. The highest BCUT2D eigenvalue weighted by Crippen LogP contribution is 2.45. The lowest BCUT2D eigenvalue weighted by Crippen LogP contribution is -2.37. The molecule has 0 spiro atoms. The maximum Gasteiger partial charge on any atom is 0.125 e. The van der Waals surface area contributed by atoms with Crippen LogP contribution in [0.4, 0.5) is 0 Å². The van der Waals surface area contributed by atoms with Crippen LogP contribution in [0.25, 0.3) is 0 Å². The average Bonchev–Trinajstić information content (AvgIpc) is 2.63. The van der Waals surface area contributed by atoms with E-state index in [-0.39, 0.29) is 6.04 Å². The Bertz CT molecular complexity index is 354. The second-order valence-corrected chi connectivity index (χ2v) is 5.76. The summed E-state index contributed by atoms with van der Waals surface area (Å²) in [6, 6.07) is 0.0790. The number of aromatic nitrogens is 2. The van der Waals surface area contributed by atoms with Gasteiger partial charge in [-0.15, -0.1) is 0 Å². The van der Waals surface area contributed by atoms with Gasteiger partial charge < -0.3 is 10.3 Å². The van der Waals surface area contributed by atoms with Crippen LogP contribution in [-0.2, 0) is 7.05 Å². The fourth-order valence-corrected chi connectivity index (χ4v) is 3.06. The van der Waals surface area contributed by atoms with E-state index in [0.29, 0.717) is 11.3 Å². The third-order valence-corrected chi connectivity index (χ3v) is 4.18. The van der Waals surface area contributed by atoms with Gasteiger partial charge in [0.25, 0.3) is 0 Å². The van der Waals surface area contributed by atoms with Gasteiger partial charge in [-0.1, -0.05) is 26.7 Å². The molecule has 0 bridgehead atoms. The maximum atomic E-state index is 6.41. The molecule has 16 heavy (non-hydrogen) atoms. The normalized spacial score (nSPS) is 26.6. The molecule has 1 saturated carbocycles. The van der Waals surface area contributed by atoms with Gasteiger partial charge in [0.15, 0.2) is 0 Å². The van der Waals surface area contributed by atoms with Crippen molar-refractivity contribution < 1.29 is 0 Å². The van der Waals surface area contributed by atoms with Crippen molar-refractivity contribution in [2.24, 2.45) is 24.1 Å². The van der Waals surface area contributed by atoms with Crippen LogP contribution in [0, 0.1) is 11.3 Å². The first-order valence-corrected chi connectivity index (χ1v) is 6.25. The summed E-state index contributed by atoms with van der Waals surface area (Å²) in [7, 11) is 2.03. The Morgan fingerprint density at radius 1 is 1.50 bits per heavy atom. The van der Waals surface area contributed by atoms with Crippen LogP contribution < -0.4 is 5.73 Å². The Labute approximate surface area is 98.1 Å². The Kier molecular flexibility index (Phi) is 3.06. The summed E-state index contributed by atoms with van der Waals surface area (Å²) < 4.78 is 2.05. The number of nitrogens with zero attached hydrogens (tertiary/aromatic N) is 2. The topological polar surface area (TPSA) is 43.8 Å². The van der Waals surface area contributed by atoms with Gasteiger partial charge in [0.1, 0.15) is 5.82 Å². The summed E-state index contributed by atoms with van der Waals surface area (Å²) in [4.78, 5) is 4.39. The molecule has 0 amide bonds. The number of hydrogen-bond acceptors (Lipinski definition) is 2. The van der Waals surface area contributed by atoms with Crippen molar-refractivity contribution >= 4 is 0 Å². The molecule has 2 atom stereocenters. The fraction of sp³-hybridized carbons (Fsp3) is 0.769. The maximum absolute atomic E-state index is 6.41. The van der Waals surface area contributed by atoms with E-state index in [1.54, 1.807) is 0 Å². The van der Waals surface area contributed by atoms with Gasteiger partial charge in [-0.3, -0.25) is 0 Å². The SMILES string of the molecule is Cn1ccnc1C(N)C1CCCCC1(C)C. The summed E-state index contributed by atoms with van der Waals surface area (Å²) in [6.45, 7) is 4.69. The number of rotatable bonds is 2. The van der Waals surface area contributed by atoms with Crippen molar-refractivity contribution in [1.29, 1.82) is 0 Å². The molecule has 1 aliphatic rings. The van der Waals surface area contributed by atoms with Crippen LogP contribution in [0.15, 0.2) is 12.4 Å². The van der Waals surface area contributed by atoms with Crippen LogP contribution in [-0.4, -0.2) is 9.55 Å².